The normalized spacial score (nSPS) is 26.1. The van der Waals surface area contributed by atoms with Gasteiger partial charge < -0.3 is 20.3 Å². The van der Waals surface area contributed by atoms with Gasteiger partial charge in [0.15, 0.2) is 0 Å². The van der Waals surface area contributed by atoms with E-state index in [-0.39, 0.29) is 11.9 Å². The zero-order chi connectivity index (χ0) is 13.0. The molecule has 0 aromatic rings. The second-order valence-corrected chi connectivity index (χ2v) is 5.60. The molecule has 0 radical (unpaired) electrons. The molecular weight excluding hydrogens is 230 g/mol. The van der Waals surface area contributed by atoms with Gasteiger partial charge in [-0.1, -0.05) is 0 Å². The summed E-state index contributed by atoms with van der Waals surface area (Å²) in [5.74, 6) is 0.905. The third-order valence-corrected chi connectivity index (χ3v) is 3.77. The summed E-state index contributed by atoms with van der Waals surface area (Å²) < 4.78 is 5.34. The van der Waals surface area contributed by atoms with Crippen molar-refractivity contribution in [2.75, 3.05) is 40.4 Å². The van der Waals surface area contributed by atoms with Crippen LogP contribution < -0.4 is 10.6 Å². The first kappa shape index (κ1) is 13.8. The molecule has 1 aliphatic heterocycles. The third-order valence-electron chi connectivity index (χ3n) is 3.77. The van der Waals surface area contributed by atoms with Gasteiger partial charge >= 0.3 is 0 Å². The molecular formula is C13H25N3O2. The van der Waals surface area contributed by atoms with E-state index in [0.717, 1.165) is 25.6 Å². The minimum atomic E-state index is 0.130. The molecule has 2 N–H and O–H groups in total. The van der Waals surface area contributed by atoms with Crippen LogP contribution in [0.15, 0.2) is 0 Å². The highest BCUT2D eigenvalue weighted by Gasteiger charge is 2.32. The first-order chi connectivity index (χ1) is 8.66. The molecule has 0 aromatic carbocycles. The second-order valence-electron chi connectivity index (χ2n) is 5.60. The summed E-state index contributed by atoms with van der Waals surface area (Å²) in [5.41, 5.74) is 0. The molecule has 5 heteroatoms. The van der Waals surface area contributed by atoms with Crippen LogP contribution in [0, 0.1) is 5.92 Å². The molecule has 1 saturated heterocycles. The van der Waals surface area contributed by atoms with Crippen molar-refractivity contribution in [3.63, 3.8) is 0 Å². The molecule has 2 atom stereocenters. The summed E-state index contributed by atoms with van der Waals surface area (Å²) in [7, 11) is 4.18. The van der Waals surface area contributed by atoms with Crippen molar-refractivity contribution in [1.82, 2.24) is 15.5 Å². The Hall–Kier alpha value is -0.650. The monoisotopic (exact) mass is 255 g/mol. The number of rotatable bonds is 6. The van der Waals surface area contributed by atoms with Crippen molar-refractivity contribution in [3.05, 3.63) is 0 Å². The number of carbonyl (C=O) groups excluding carboxylic acids is 1. The molecule has 1 saturated carbocycles. The van der Waals surface area contributed by atoms with Crippen molar-refractivity contribution < 1.29 is 9.53 Å². The van der Waals surface area contributed by atoms with E-state index in [1.165, 1.54) is 12.8 Å². The Morgan fingerprint density at radius 1 is 1.50 bits per heavy atom. The summed E-state index contributed by atoms with van der Waals surface area (Å²) in [5, 5.41) is 6.36. The molecule has 0 spiro atoms. The molecule has 2 unspecified atom stereocenters. The predicted molar refractivity (Wildman–Crippen MR) is 70.4 cm³/mol. The van der Waals surface area contributed by atoms with E-state index in [1.54, 1.807) is 0 Å². The fourth-order valence-corrected chi connectivity index (χ4v) is 2.52. The number of likely N-dealkylation sites (N-methyl/N-ethyl adjacent to an activating group) is 1. The number of morpholine rings is 1. The van der Waals surface area contributed by atoms with E-state index in [1.807, 2.05) is 0 Å². The molecule has 2 rings (SSSR count). The van der Waals surface area contributed by atoms with Crippen LogP contribution in [-0.4, -0.2) is 63.3 Å². The minimum absolute atomic E-state index is 0.130. The SMILES string of the molecule is CN(C)C(CNC(=O)CC1COCCN1)C1CC1. The lowest BCUT2D eigenvalue weighted by Gasteiger charge is -2.26. The lowest BCUT2D eigenvalue weighted by molar-refractivity contribution is -0.122. The van der Waals surface area contributed by atoms with Gasteiger partial charge in [0.25, 0.3) is 0 Å². The Kier molecular flexibility index (Phi) is 4.97. The van der Waals surface area contributed by atoms with Gasteiger partial charge in [0.1, 0.15) is 0 Å². The van der Waals surface area contributed by atoms with Crippen LogP contribution >= 0.6 is 0 Å². The molecule has 0 aromatic heterocycles. The molecule has 0 bridgehead atoms. The Bertz CT molecular complexity index is 271. The average molecular weight is 255 g/mol. The maximum absolute atomic E-state index is 11.9. The smallest absolute Gasteiger partial charge is 0.221 e. The van der Waals surface area contributed by atoms with Crippen molar-refractivity contribution in [3.8, 4) is 0 Å². The van der Waals surface area contributed by atoms with E-state index < -0.39 is 0 Å². The summed E-state index contributed by atoms with van der Waals surface area (Å²) in [6, 6.07) is 0.669. The maximum Gasteiger partial charge on any atom is 0.221 e. The fourth-order valence-electron chi connectivity index (χ4n) is 2.52. The summed E-state index contributed by atoms with van der Waals surface area (Å²) in [6.07, 6.45) is 3.12. The van der Waals surface area contributed by atoms with Gasteiger partial charge in [0.2, 0.25) is 5.91 Å². The quantitative estimate of drug-likeness (QED) is 0.691. The van der Waals surface area contributed by atoms with Crippen LogP contribution in [0.3, 0.4) is 0 Å². The van der Waals surface area contributed by atoms with Crippen LogP contribution in [0.1, 0.15) is 19.3 Å². The molecule has 2 fully saturated rings. The molecule has 1 heterocycles. The first-order valence-corrected chi connectivity index (χ1v) is 6.91. The number of nitrogens with one attached hydrogen (secondary N) is 2. The van der Waals surface area contributed by atoms with Crippen molar-refractivity contribution in [1.29, 1.82) is 0 Å². The molecule has 2 aliphatic rings. The van der Waals surface area contributed by atoms with E-state index in [9.17, 15) is 4.79 Å². The van der Waals surface area contributed by atoms with E-state index in [4.69, 9.17) is 4.74 Å². The molecule has 104 valence electrons. The Morgan fingerprint density at radius 3 is 2.83 bits per heavy atom. The first-order valence-electron chi connectivity index (χ1n) is 6.91. The third kappa shape index (κ3) is 4.23. The van der Waals surface area contributed by atoms with Crippen LogP contribution in [0.2, 0.25) is 0 Å². The largest absolute Gasteiger partial charge is 0.378 e. The van der Waals surface area contributed by atoms with Crippen LogP contribution in [-0.2, 0) is 9.53 Å². The maximum atomic E-state index is 11.9. The molecule has 1 amide bonds. The zero-order valence-electron chi connectivity index (χ0n) is 11.4. The van der Waals surface area contributed by atoms with Gasteiger partial charge in [-0.15, -0.1) is 0 Å². The standard InChI is InChI=1S/C13H25N3O2/c1-16(2)12(10-3-4-10)8-15-13(17)7-11-9-18-6-5-14-11/h10-12,14H,3-9H2,1-2H3,(H,15,17). The zero-order valence-corrected chi connectivity index (χ0v) is 11.4. The van der Waals surface area contributed by atoms with E-state index >= 15 is 0 Å². The average Bonchev–Trinajstić information content (AvgIpc) is 3.14. The summed E-state index contributed by atoms with van der Waals surface area (Å²) in [6.45, 7) is 3.01. The van der Waals surface area contributed by atoms with Gasteiger partial charge in [0.05, 0.1) is 13.2 Å². The Balaban J connectivity index is 1.66. The van der Waals surface area contributed by atoms with Crippen molar-refractivity contribution >= 4 is 5.91 Å². The number of amides is 1. The lowest BCUT2D eigenvalue weighted by Crippen LogP contribution is -2.46. The highest BCUT2D eigenvalue weighted by Crippen LogP contribution is 2.34. The van der Waals surface area contributed by atoms with Gasteiger partial charge in [-0.2, -0.15) is 0 Å². The Morgan fingerprint density at radius 2 is 2.28 bits per heavy atom. The molecule has 18 heavy (non-hydrogen) atoms. The number of nitrogens with zero attached hydrogens (tertiary/aromatic N) is 1. The minimum Gasteiger partial charge on any atom is -0.378 e. The lowest BCUT2D eigenvalue weighted by atomic mass is 10.1. The molecule has 5 nitrogen and oxygen atoms in total. The molecule has 1 aliphatic carbocycles. The van der Waals surface area contributed by atoms with Crippen LogP contribution in [0.25, 0.3) is 0 Å². The van der Waals surface area contributed by atoms with Crippen LogP contribution in [0.5, 0.6) is 0 Å². The highest BCUT2D eigenvalue weighted by molar-refractivity contribution is 5.76. The van der Waals surface area contributed by atoms with Gasteiger partial charge in [-0.3, -0.25) is 4.79 Å². The Labute approximate surface area is 109 Å². The van der Waals surface area contributed by atoms with E-state index in [0.29, 0.717) is 19.1 Å². The summed E-state index contributed by atoms with van der Waals surface area (Å²) in [4.78, 5) is 14.1. The van der Waals surface area contributed by atoms with Gasteiger partial charge in [-0.25, -0.2) is 0 Å². The van der Waals surface area contributed by atoms with Crippen LogP contribution in [0.4, 0.5) is 0 Å². The van der Waals surface area contributed by atoms with Crippen molar-refractivity contribution in [2.24, 2.45) is 5.92 Å². The highest BCUT2D eigenvalue weighted by atomic mass is 16.5. The number of hydrogen-bond acceptors (Lipinski definition) is 4. The fraction of sp³-hybridized carbons (Fsp3) is 0.923. The van der Waals surface area contributed by atoms with Crippen molar-refractivity contribution in [2.45, 2.75) is 31.3 Å². The van der Waals surface area contributed by atoms with Gasteiger partial charge in [-0.05, 0) is 32.9 Å². The number of carbonyl (C=O) groups is 1. The van der Waals surface area contributed by atoms with E-state index in [2.05, 4.69) is 29.6 Å². The topological polar surface area (TPSA) is 53.6 Å². The number of ether oxygens (including phenoxy) is 1. The number of hydrogen-bond donors (Lipinski definition) is 2. The predicted octanol–water partition coefficient (Wildman–Crippen LogP) is -0.179. The summed E-state index contributed by atoms with van der Waals surface area (Å²) >= 11 is 0. The van der Waals surface area contributed by atoms with Gasteiger partial charge in [0, 0.05) is 31.6 Å². The second kappa shape index (κ2) is 6.50.